The van der Waals surface area contributed by atoms with Crippen LogP contribution in [0.5, 0.6) is 0 Å². The van der Waals surface area contributed by atoms with Gasteiger partial charge in [-0.2, -0.15) is 0 Å². The molecular weight excluding hydrogens is 294 g/mol. The number of aromatic amines is 1. The third kappa shape index (κ3) is 3.90. The molecule has 1 aromatic carbocycles. The molecule has 0 aliphatic rings. The predicted molar refractivity (Wildman–Crippen MR) is 77.9 cm³/mol. The number of rotatable bonds is 4. The highest BCUT2D eigenvalue weighted by molar-refractivity contribution is 6.31. The van der Waals surface area contributed by atoms with E-state index in [1.807, 2.05) is 0 Å². The molecule has 1 atom stereocenters. The van der Waals surface area contributed by atoms with Gasteiger partial charge in [0.05, 0.1) is 12.2 Å². The molecule has 0 fully saturated rings. The van der Waals surface area contributed by atoms with Crippen LogP contribution < -0.4 is 10.9 Å². The van der Waals surface area contributed by atoms with Gasteiger partial charge in [-0.25, -0.2) is 4.98 Å². The van der Waals surface area contributed by atoms with Crippen LogP contribution in [0.1, 0.15) is 23.2 Å². The second kappa shape index (κ2) is 6.51. The molecule has 2 aromatic rings. The van der Waals surface area contributed by atoms with E-state index in [9.17, 15) is 14.7 Å². The van der Waals surface area contributed by atoms with E-state index in [0.29, 0.717) is 22.1 Å². The molecule has 3 N–H and O–H groups in total. The minimum absolute atomic E-state index is 0.0467. The normalized spacial score (nSPS) is 12.0. The highest BCUT2D eigenvalue weighted by atomic mass is 35.5. The van der Waals surface area contributed by atoms with Gasteiger partial charge in [0.25, 0.3) is 11.5 Å². The Morgan fingerprint density at radius 1 is 1.48 bits per heavy atom. The lowest BCUT2D eigenvalue weighted by molar-refractivity contribution is -0.129. The summed E-state index contributed by atoms with van der Waals surface area (Å²) < 4.78 is 0. The molecule has 6 nitrogen and oxygen atoms in total. The summed E-state index contributed by atoms with van der Waals surface area (Å²) in [5.74, 6) is -0.152. The van der Waals surface area contributed by atoms with E-state index >= 15 is 0 Å². The number of nitrogens with zero attached hydrogens (tertiary/aromatic N) is 1. The van der Waals surface area contributed by atoms with Crippen molar-refractivity contribution in [3.05, 3.63) is 62.8 Å². The van der Waals surface area contributed by atoms with Crippen LogP contribution in [0.2, 0.25) is 5.02 Å². The zero-order chi connectivity index (χ0) is 15.4. The van der Waals surface area contributed by atoms with Crippen LogP contribution in [0.4, 0.5) is 0 Å². The Hall–Kier alpha value is -2.18. The average Bonchev–Trinajstić information content (AvgIpc) is 2.43. The number of hydrogen-bond donors (Lipinski definition) is 3. The molecule has 21 heavy (non-hydrogen) atoms. The topological polar surface area (TPSA) is 95.1 Å². The lowest BCUT2D eigenvalue weighted by atomic mass is 10.1. The standard InChI is InChI=1S/C14H14ClN3O3/c1-8-17-9(6-12(19)18-8)7-16-14(21)13(20)10-4-2-3-5-11(10)15/h2-6,13,20H,7H2,1H3,(H,16,21)(H,17,18,19). The molecule has 0 saturated heterocycles. The first-order valence-corrected chi connectivity index (χ1v) is 6.62. The molecule has 1 amide bonds. The number of aromatic nitrogens is 2. The van der Waals surface area contributed by atoms with E-state index in [1.165, 1.54) is 6.07 Å². The highest BCUT2D eigenvalue weighted by Crippen LogP contribution is 2.22. The Morgan fingerprint density at radius 3 is 2.86 bits per heavy atom. The van der Waals surface area contributed by atoms with E-state index in [-0.39, 0.29) is 12.1 Å². The van der Waals surface area contributed by atoms with Crippen molar-refractivity contribution in [2.45, 2.75) is 19.6 Å². The van der Waals surface area contributed by atoms with Crippen molar-refractivity contribution in [3.63, 3.8) is 0 Å². The van der Waals surface area contributed by atoms with Gasteiger partial charge in [0, 0.05) is 16.7 Å². The molecule has 0 spiro atoms. The molecule has 110 valence electrons. The molecule has 0 aliphatic heterocycles. The van der Waals surface area contributed by atoms with Gasteiger partial charge in [-0.1, -0.05) is 29.8 Å². The van der Waals surface area contributed by atoms with Crippen molar-refractivity contribution < 1.29 is 9.90 Å². The van der Waals surface area contributed by atoms with Gasteiger partial charge in [0.2, 0.25) is 0 Å². The maximum Gasteiger partial charge on any atom is 0.253 e. The van der Waals surface area contributed by atoms with Crippen LogP contribution in [-0.2, 0) is 11.3 Å². The summed E-state index contributed by atoms with van der Waals surface area (Å²) in [6.45, 7) is 1.69. The summed E-state index contributed by atoms with van der Waals surface area (Å²) in [6, 6.07) is 7.84. The van der Waals surface area contributed by atoms with Crippen LogP contribution >= 0.6 is 11.6 Å². The Morgan fingerprint density at radius 2 is 2.19 bits per heavy atom. The lowest BCUT2D eigenvalue weighted by Gasteiger charge is -2.12. The molecule has 1 heterocycles. The van der Waals surface area contributed by atoms with E-state index in [4.69, 9.17) is 11.6 Å². The first kappa shape index (κ1) is 15.2. The van der Waals surface area contributed by atoms with Crippen molar-refractivity contribution in [1.82, 2.24) is 15.3 Å². The molecule has 0 aliphatic carbocycles. The average molecular weight is 308 g/mol. The first-order chi connectivity index (χ1) is 9.97. The number of aryl methyl sites for hydroxylation is 1. The SMILES string of the molecule is Cc1nc(CNC(=O)C(O)c2ccccc2Cl)cc(=O)[nH]1. The van der Waals surface area contributed by atoms with Crippen LogP contribution in [-0.4, -0.2) is 21.0 Å². The predicted octanol–water partition coefficient (Wildman–Crippen LogP) is 1.08. The first-order valence-electron chi connectivity index (χ1n) is 6.24. The van der Waals surface area contributed by atoms with Gasteiger partial charge in [-0.15, -0.1) is 0 Å². The Balaban J connectivity index is 2.05. The maximum atomic E-state index is 11.9. The van der Waals surface area contributed by atoms with Crippen LogP contribution in [0.15, 0.2) is 35.1 Å². The van der Waals surface area contributed by atoms with Crippen molar-refractivity contribution in [3.8, 4) is 0 Å². The van der Waals surface area contributed by atoms with E-state index in [1.54, 1.807) is 31.2 Å². The number of benzene rings is 1. The zero-order valence-corrected chi connectivity index (χ0v) is 12.0. The molecule has 0 saturated carbocycles. The van der Waals surface area contributed by atoms with E-state index < -0.39 is 12.0 Å². The summed E-state index contributed by atoms with van der Waals surface area (Å²) in [6.07, 6.45) is -1.37. The summed E-state index contributed by atoms with van der Waals surface area (Å²) in [7, 11) is 0. The molecule has 2 rings (SSSR count). The number of aliphatic hydroxyl groups is 1. The van der Waals surface area contributed by atoms with E-state index in [2.05, 4.69) is 15.3 Å². The number of nitrogens with one attached hydrogen (secondary N) is 2. The van der Waals surface area contributed by atoms with Crippen molar-refractivity contribution in [2.24, 2.45) is 0 Å². The second-order valence-electron chi connectivity index (χ2n) is 4.46. The molecule has 1 unspecified atom stereocenters. The molecule has 0 radical (unpaired) electrons. The van der Waals surface area contributed by atoms with Crippen LogP contribution in [0.3, 0.4) is 0 Å². The molecule has 1 aromatic heterocycles. The van der Waals surface area contributed by atoms with Crippen molar-refractivity contribution >= 4 is 17.5 Å². The lowest BCUT2D eigenvalue weighted by Crippen LogP contribution is -2.30. The number of H-pyrrole nitrogens is 1. The monoisotopic (exact) mass is 307 g/mol. The quantitative estimate of drug-likeness (QED) is 0.787. The summed E-state index contributed by atoms with van der Waals surface area (Å²) >= 11 is 5.92. The third-order valence-corrected chi connectivity index (χ3v) is 3.15. The molecular formula is C14H14ClN3O3. The molecule has 7 heteroatoms. The fourth-order valence-corrected chi connectivity index (χ4v) is 2.08. The van der Waals surface area contributed by atoms with Crippen LogP contribution in [0.25, 0.3) is 0 Å². The number of hydrogen-bond acceptors (Lipinski definition) is 4. The smallest absolute Gasteiger partial charge is 0.253 e. The molecule has 0 bridgehead atoms. The van der Waals surface area contributed by atoms with Gasteiger partial charge in [0.15, 0.2) is 6.10 Å². The number of aliphatic hydroxyl groups excluding tert-OH is 1. The van der Waals surface area contributed by atoms with Crippen molar-refractivity contribution in [1.29, 1.82) is 0 Å². The van der Waals surface area contributed by atoms with Gasteiger partial charge in [-0.3, -0.25) is 9.59 Å². The highest BCUT2D eigenvalue weighted by Gasteiger charge is 2.19. The summed E-state index contributed by atoms with van der Waals surface area (Å²) in [5.41, 5.74) is 0.445. The van der Waals surface area contributed by atoms with Gasteiger partial charge >= 0.3 is 0 Å². The Labute approximate surface area is 125 Å². The Kier molecular flexibility index (Phi) is 4.72. The fraction of sp³-hybridized carbons (Fsp3) is 0.214. The third-order valence-electron chi connectivity index (χ3n) is 2.81. The van der Waals surface area contributed by atoms with E-state index in [0.717, 1.165) is 0 Å². The number of halogens is 1. The van der Waals surface area contributed by atoms with Crippen LogP contribution in [0, 0.1) is 6.92 Å². The number of carbonyl (C=O) groups is 1. The largest absolute Gasteiger partial charge is 0.378 e. The summed E-state index contributed by atoms with van der Waals surface area (Å²) in [5, 5.41) is 12.8. The Bertz CT molecular complexity index is 715. The van der Waals surface area contributed by atoms with Gasteiger partial charge < -0.3 is 15.4 Å². The van der Waals surface area contributed by atoms with Gasteiger partial charge in [0.1, 0.15) is 5.82 Å². The van der Waals surface area contributed by atoms with Crippen molar-refractivity contribution in [2.75, 3.05) is 0 Å². The zero-order valence-electron chi connectivity index (χ0n) is 11.3. The van der Waals surface area contributed by atoms with Gasteiger partial charge in [-0.05, 0) is 13.0 Å². The number of amides is 1. The summed E-state index contributed by atoms with van der Waals surface area (Å²) in [4.78, 5) is 29.8. The minimum Gasteiger partial charge on any atom is -0.378 e. The number of carbonyl (C=O) groups excluding carboxylic acids is 1. The minimum atomic E-state index is -1.37. The second-order valence-corrected chi connectivity index (χ2v) is 4.87. The maximum absolute atomic E-state index is 11.9. The fourth-order valence-electron chi connectivity index (χ4n) is 1.84.